The third-order valence-electron chi connectivity index (χ3n) is 2.26. The quantitative estimate of drug-likeness (QED) is 0.812. The molecule has 0 aliphatic carbocycles. The lowest BCUT2D eigenvalue weighted by atomic mass is 10.3. The van der Waals surface area contributed by atoms with Gasteiger partial charge in [0.1, 0.15) is 0 Å². The molecule has 6 heteroatoms. The van der Waals surface area contributed by atoms with Gasteiger partial charge in [0, 0.05) is 12.6 Å². The summed E-state index contributed by atoms with van der Waals surface area (Å²) in [4.78, 5) is 4.32. The number of aromatic nitrogens is 4. The highest BCUT2D eigenvalue weighted by Crippen LogP contribution is 2.07. The molecule has 0 amide bonds. The van der Waals surface area contributed by atoms with Gasteiger partial charge in [-0.15, -0.1) is 5.10 Å². The van der Waals surface area contributed by atoms with Gasteiger partial charge in [0.05, 0.1) is 31.2 Å². The molecule has 2 heterocycles. The minimum absolute atomic E-state index is 0.591. The highest BCUT2D eigenvalue weighted by Gasteiger charge is 2.02. The van der Waals surface area contributed by atoms with Gasteiger partial charge in [0.25, 0.3) is 0 Å². The van der Waals surface area contributed by atoms with Crippen LogP contribution in [-0.4, -0.2) is 34.1 Å². The normalized spacial score (nSPS) is 10.5. The molecule has 0 fully saturated rings. The molecular formula is C11H15N5O. The van der Waals surface area contributed by atoms with Gasteiger partial charge in [-0.1, -0.05) is 11.3 Å². The molecule has 90 valence electrons. The number of hydrogen-bond donors (Lipinski definition) is 1. The SMILES string of the molecule is CNCc1cn(Cc2cccc(OC)n2)nn1. The van der Waals surface area contributed by atoms with Crippen molar-refractivity contribution in [3.8, 4) is 5.88 Å². The number of ether oxygens (including phenoxy) is 1. The van der Waals surface area contributed by atoms with Crippen molar-refractivity contribution in [1.29, 1.82) is 0 Å². The average molecular weight is 233 g/mol. The van der Waals surface area contributed by atoms with Gasteiger partial charge in [0.2, 0.25) is 5.88 Å². The molecule has 0 aliphatic rings. The second-order valence-electron chi connectivity index (χ2n) is 3.61. The average Bonchev–Trinajstić information content (AvgIpc) is 2.77. The maximum Gasteiger partial charge on any atom is 0.213 e. The molecule has 0 unspecified atom stereocenters. The van der Waals surface area contributed by atoms with Crippen molar-refractivity contribution in [1.82, 2.24) is 25.3 Å². The van der Waals surface area contributed by atoms with E-state index in [-0.39, 0.29) is 0 Å². The van der Waals surface area contributed by atoms with Gasteiger partial charge in [0.15, 0.2) is 0 Å². The van der Waals surface area contributed by atoms with Crippen molar-refractivity contribution in [2.45, 2.75) is 13.1 Å². The first-order chi connectivity index (χ1) is 8.31. The zero-order valence-corrected chi connectivity index (χ0v) is 9.92. The van der Waals surface area contributed by atoms with Crippen LogP contribution in [0.4, 0.5) is 0 Å². The fraction of sp³-hybridized carbons (Fsp3) is 0.364. The van der Waals surface area contributed by atoms with Gasteiger partial charge < -0.3 is 10.1 Å². The van der Waals surface area contributed by atoms with Gasteiger partial charge in [-0.3, -0.25) is 0 Å². The van der Waals surface area contributed by atoms with E-state index in [1.165, 1.54) is 0 Å². The van der Waals surface area contributed by atoms with E-state index in [1.807, 2.05) is 31.4 Å². The first-order valence-electron chi connectivity index (χ1n) is 5.35. The molecule has 0 bridgehead atoms. The van der Waals surface area contributed by atoms with E-state index < -0.39 is 0 Å². The van der Waals surface area contributed by atoms with E-state index in [0.29, 0.717) is 19.0 Å². The van der Waals surface area contributed by atoms with Crippen molar-refractivity contribution in [2.75, 3.05) is 14.2 Å². The number of hydrogen-bond acceptors (Lipinski definition) is 5. The first kappa shape index (κ1) is 11.5. The van der Waals surface area contributed by atoms with Crippen LogP contribution in [0, 0.1) is 0 Å². The van der Waals surface area contributed by atoms with Crippen LogP contribution in [0.25, 0.3) is 0 Å². The van der Waals surface area contributed by atoms with E-state index in [0.717, 1.165) is 11.4 Å². The molecular weight excluding hydrogens is 218 g/mol. The third-order valence-corrected chi connectivity index (χ3v) is 2.26. The molecule has 17 heavy (non-hydrogen) atoms. The molecule has 6 nitrogen and oxygen atoms in total. The molecule has 0 radical (unpaired) electrons. The van der Waals surface area contributed by atoms with Crippen LogP contribution in [0.2, 0.25) is 0 Å². The summed E-state index contributed by atoms with van der Waals surface area (Å²) in [5.74, 6) is 0.609. The van der Waals surface area contributed by atoms with Crippen molar-refractivity contribution < 1.29 is 4.74 Å². The molecule has 1 N–H and O–H groups in total. The number of pyridine rings is 1. The summed E-state index contributed by atoms with van der Waals surface area (Å²) in [5, 5.41) is 11.1. The predicted octanol–water partition coefficient (Wildman–Crippen LogP) is 0.449. The maximum atomic E-state index is 5.07. The predicted molar refractivity (Wildman–Crippen MR) is 62.7 cm³/mol. The second kappa shape index (κ2) is 5.40. The van der Waals surface area contributed by atoms with Crippen LogP contribution in [0.1, 0.15) is 11.4 Å². The van der Waals surface area contributed by atoms with Crippen LogP contribution in [-0.2, 0) is 13.1 Å². The maximum absolute atomic E-state index is 5.07. The van der Waals surface area contributed by atoms with Gasteiger partial charge in [-0.05, 0) is 13.1 Å². The van der Waals surface area contributed by atoms with Crippen molar-refractivity contribution in [3.05, 3.63) is 35.8 Å². The van der Waals surface area contributed by atoms with E-state index in [9.17, 15) is 0 Å². The van der Waals surface area contributed by atoms with Crippen LogP contribution in [0.15, 0.2) is 24.4 Å². The Hall–Kier alpha value is -1.95. The Balaban J connectivity index is 2.08. The van der Waals surface area contributed by atoms with Crippen molar-refractivity contribution in [3.63, 3.8) is 0 Å². The smallest absolute Gasteiger partial charge is 0.213 e. The largest absolute Gasteiger partial charge is 0.481 e. The molecule has 0 saturated heterocycles. The molecule has 0 aromatic carbocycles. The highest BCUT2D eigenvalue weighted by atomic mass is 16.5. The Bertz CT molecular complexity index is 482. The van der Waals surface area contributed by atoms with E-state index in [1.54, 1.807) is 11.8 Å². The van der Waals surface area contributed by atoms with E-state index >= 15 is 0 Å². The summed E-state index contributed by atoms with van der Waals surface area (Å²) in [6, 6.07) is 5.66. The van der Waals surface area contributed by atoms with Gasteiger partial charge in [-0.25, -0.2) is 9.67 Å². The van der Waals surface area contributed by atoms with Gasteiger partial charge in [-0.2, -0.15) is 0 Å². The third kappa shape index (κ3) is 3.01. The van der Waals surface area contributed by atoms with Crippen LogP contribution in [0.5, 0.6) is 5.88 Å². The lowest BCUT2D eigenvalue weighted by Gasteiger charge is -2.02. The van der Waals surface area contributed by atoms with E-state index in [4.69, 9.17) is 4.74 Å². The topological polar surface area (TPSA) is 64.9 Å². The molecule has 0 spiro atoms. The van der Waals surface area contributed by atoms with Crippen LogP contribution < -0.4 is 10.1 Å². The molecule has 2 rings (SSSR count). The fourth-order valence-corrected chi connectivity index (χ4v) is 1.50. The molecule has 0 saturated carbocycles. The lowest BCUT2D eigenvalue weighted by Crippen LogP contribution is -2.05. The number of nitrogens with one attached hydrogen (secondary N) is 1. The minimum atomic E-state index is 0.591. The summed E-state index contributed by atoms with van der Waals surface area (Å²) in [6.45, 7) is 1.31. The molecule has 2 aromatic heterocycles. The monoisotopic (exact) mass is 233 g/mol. The van der Waals surface area contributed by atoms with Gasteiger partial charge >= 0.3 is 0 Å². The Morgan fingerprint density at radius 3 is 3.00 bits per heavy atom. The summed E-state index contributed by atoms with van der Waals surface area (Å²) < 4.78 is 6.83. The van der Waals surface area contributed by atoms with Crippen molar-refractivity contribution >= 4 is 0 Å². The van der Waals surface area contributed by atoms with E-state index in [2.05, 4.69) is 20.6 Å². The Morgan fingerprint density at radius 1 is 1.35 bits per heavy atom. The summed E-state index contributed by atoms with van der Waals surface area (Å²) in [6.07, 6.45) is 1.90. The minimum Gasteiger partial charge on any atom is -0.481 e. The summed E-state index contributed by atoms with van der Waals surface area (Å²) >= 11 is 0. The zero-order valence-electron chi connectivity index (χ0n) is 9.92. The molecule has 2 aromatic rings. The second-order valence-corrected chi connectivity index (χ2v) is 3.61. The number of rotatable bonds is 5. The fourth-order valence-electron chi connectivity index (χ4n) is 1.50. The summed E-state index contributed by atoms with van der Waals surface area (Å²) in [5.41, 5.74) is 1.81. The Morgan fingerprint density at radius 2 is 2.24 bits per heavy atom. The summed E-state index contributed by atoms with van der Waals surface area (Å²) in [7, 11) is 3.48. The van der Waals surface area contributed by atoms with Crippen molar-refractivity contribution in [2.24, 2.45) is 0 Å². The number of methoxy groups -OCH3 is 1. The highest BCUT2D eigenvalue weighted by molar-refractivity contribution is 5.15. The zero-order chi connectivity index (χ0) is 12.1. The standard InChI is InChI=1S/C11H15N5O/c1-12-6-10-8-16(15-14-10)7-9-4-3-5-11(13-9)17-2/h3-5,8,12H,6-7H2,1-2H3. The Kier molecular flexibility index (Phi) is 3.66. The van der Waals surface area contributed by atoms with Crippen LogP contribution in [0.3, 0.4) is 0 Å². The Labute approximate surface area is 99.6 Å². The van der Waals surface area contributed by atoms with Crippen LogP contribution >= 0.6 is 0 Å². The number of nitrogens with zero attached hydrogens (tertiary/aromatic N) is 4. The molecule has 0 atom stereocenters. The lowest BCUT2D eigenvalue weighted by molar-refractivity contribution is 0.395. The molecule has 0 aliphatic heterocycles. The first-order valence-corrected chi connectivity index (χ1v) is 5.35.